The van der Waals surface area contributed by atoms with Gasteiger partial charge in [0.1, 0.15) is 11.5 Å². The summed E-state index contributed by atoms with van der Waals surface area (Å²) in [5.41, 5.74) is -2.33. The van der Waals surface area contributed by atoms with Crippen molar-refractivity contribution in [3.63, 3.8) is 0 Å². The predicted molar refractivity (Wildman–Crippen MR) is 46.9 cm³/mol. The van der Waals surface area contributed by atoms with E-state index in [1.165, 1.54) is 12.1 Å². The topological polar surface area (TPSA) is 33.4 Å². The third-order valence-electron chi connectivity index (χ3n) is 1.77. The van der Waals surface area contributed by atoms with Gasteiger partial charge in [-0.25, -0.2) is 0 Å². The van der Waals surface area contributed by atoms with Crippen molar-refractivity contribution >= 4 is 15.9 Å². The molecule has 0 aliphatic carbocycles. The molecule has 0 radical (unpaired) electrons. The van der Waals surface area contributed by atoms with Gasteiger partial charge < -0.3 is 9.52 Å². The molecule has 1 rings (SSSR count). The second-order valence-electron chi connectivity index (χ2n) is 2.98. The van der Waals surface area contributed by atoms with Crippen LogP contribution in [0.2, 0.25) is 0 Å². The zero-order valence-electron chi connectivity index (χ0n) is 7.14. The molecule has 1 atom stereocenters. The van der Waals surface area contributed by atoms with Crippen molar-refractivity contribution in [3.8, 4) is 0 Å². The van der Waals surface area contributed by atoms with Gasteiger partial charge in [0.25, 0.3) is 0 Å². The Labute approximate surface area is 82.7 Å². The molecule has 0 aromatic carbocycles. The second-order valence-corrected chi connectivity index (χ2v) is 3.98. The van der Waals surface area contributed by atoms with E-state index in [4.69, 9.17) is 4.42 Å². The van der Waals surface area contributed by atoms with Crippen molar-refractivity contribution in [2.45, 2.75) is 24.3 Å². The third kappa shape index (κ3) is 1.91. The molecule has 2 nitrogen and oxygen atoms in total. The van der Waals surface area contributed by atoms with Crippen LogP contribution < -0.4 is 0 Å². The van der Waals surface area contributed by atoms with Crippen molar-refractivity contribution in [2.24, 2.45) is 0 Å². The molecular weight excluding hydrogens is 246 g/mol. The highest BCUT2D eigenvalue weighted by Crippen LogP contribution is 2.42. The monoisotopic (exact) mass is 254 g/mol. The summed E-state index contributed by atoms with van der Waals surface area (Å²) in [6.45, 7) is 2.60. The van der Waals surface area contributed by atoms with Gasteiger partial charge in [-0.2, -0.15) is 8.78 Å². The fourth-order valence-electron chi connectivity index (χ4n) is 0.836. The molecule has 5 heteroatoms. The predicted octanol–water partition coefficient (Wildman–Crippen LogP) is 2.78. The molecule has 74 valence electrons. The Bertz CT molecular complexity index is 301. The molecule has 0 amide bonds. The summed E-state index contributed by atoms with van der Waals surface area (Å²) in [7, 11) is 0. The molecule has 0 bridgehead atoms. The summed E-state index contributed by atoms with van der Waals surface area (Å²) in [5, 5.41) is 9.45. The van der Waals surface area contributed by atoms with Crippen LogP contribution in [0.5, 0.6) is 0 Å². The van der Waals surface area contributed by atoms with Crippen molar-refractivity contribution in [3.05, 3.63) is 23.7 Å². The Hall–Kier alpha value is -0.420. The first-order valence-corrected chi connectivity index (χ1v) is 4.40. The van der Waals surface area contributed by atoms with Gasteiger partial charge in [0.05, 0.1) is 0 Å². The first kappa shape index (κ1) is 10.7. The van der Waals surface area contributed by atoms with Gasteiger partial charge >= 0.3 is 4.83 Å². The lowest BCUT2D eigenvalue weighted by atomic mass is 10.1. The van der Waals surface area contributed by atoms with Gasteiger partial charge in [-0.05, 0) is 41.9 Å². The Morgan fingerprint density at radius 2 is 2.00 bits per heavy atom. The van der Waals surface area contributed by atoms with Gasteiger partial charge in [0.2, 0.25) is 0 Å². The van der Waals surface area contributed by atoms with Gasteiger partial charge in [0, 0.05) is 0 Å². The summed E-state index contributed by atoms with van der Waals surface area (Å²) >= 11 is 2.10. The Morgan fingerprint density at radius 3 is 2.31 bits per heavy atom. The molecule has 1 aromatic heterocycles. The van der Waals surface area contributed by atoms with Crippen LogP contribution in [0.25, 0.3) is 0 Å². The van der Waals surface area contributed by atoms with Crippen molar-refractivity contribution < 1.29 is 18.3 Å². The van der Waals surface area contributed by atoms with Gasteiger partial charge in [0.15, 0.2) is 5.60 Å². The van der Waals surface area contributed by atoms with Crippen molar-refractivity contribution in [1.29, 1.82) is 0 Å². The average molecular weight is 255 g/mol. The number of alkyl halides is 3. The fourth-order valence-corrected chi connectivity index (χ4v) is 1.03. The Balaban J connectivity index is 3.07. The van der Waals surface area contributed by atoms with Crippen molar-refractivity contribution in [2.75, 3.05) is 0 Å². The maximum atomic E-state index is 12.8. The second kappa shape index (κ2) is 3.06. The highest BCUT2D eigenvalue weighted by atomic mass is 79.9. The molecule has 0 saturated carbocycles. The first-order chi connectivity index (χ1) is 5.75. The number of hydrogen-bond donors (Lipinski definition) is 1. The average Bonchev–Trinajstić information content (AvgIpc) is 2.33. The standard InChI is InChI=1S/C8H9BrF2O2/c1-5-3-4-6(13-5)7(2,12)8(9,10)11/h3-4,12H,1-2H3. The number of rotatable bonds is 2. The minimum absolute atomic E-state index is 0.160. The molecular formula is C8H9BrF2O2. The van der Waals surface area contributed by atoms with E-state index in [0.29, 0.717) is 5.76 Å². The third-order valence-corrected chi connectivity index (χ3v) is 2.54. The molecule has 0 aliphatic heterocycles. The molecule has 0 saturated heterocycles. The van der Waals surface area contributed by atoms with Crippen LogP contribution in [0, 0.1) is 6.92 Å². The maximum Gasteiger partial charge on any atom is 0.336 e. The largest absolute Gasteiger partial charge is 0.463 e. The van der Waals surface area contributed by atoms with Crippen LogP contribution in [0.4, 0.5) is 8.78 Å². The molecule has 13 heavy (non-hydrogen) atoms. The van der Waals surface area contributed by atoms with Gasteiger partial charge in [-0.15, -0.1) is 0 Å². The minimum atomic E-state index is -3.41. The van der Waals surface area contributed by atoms with Crippen molar-refractivity contribution in [1.82, 2.24) is 0 Å². The molecule has 0 aliphatic rings. The van der Waals surface area contributed by atoms with E-state index in [0.717, 1.165) is 6.92 Å². The van der Waals surface area contributed by atoms with E-state index in [1.807, 2.05) is 0 Å². The first-order valence-electron chi connectivity index (χ1n) is 3.61. The van der Waals surface area contributed by atoms with Crippen LogP contribution in [-0.2, 0) is 5.60 Å². The van der Waals surface area contributed by atoms with Crippen LogP contribution in [0.3, 0.4) is 0 Å². The lowest BCUT2D eigenvalue weighted by molar-refractivity contribution is -0.120. The highest BCUT2D eigenvalue weighted by molar-refractivity contribution is 9.10. The summed E-state index contributed by atoms with van der Waals surface area (Å²) in [4.78, 5) is -3.41. The van der Waals surface area contributed by atoms with Crippen LogP contribution >= 0.6 is 15.9 Å². The normalized spacial score (nSPS) is 17.1. The number of aliphatic hydroxyl groups is 1. The van der Waals surface area contributed by atoms with E-state index in [9.17, 15) is 13.9 Å². The zero-order chi connectivity index (χ0) is 10.3. The summed E-state index contributed by atoms with van der Waals surface area (Å²) in [6, 6.07) is 2.84. The maximum absolute atomic E-state index is 12.8. The molecule has 0 fully saturated rings. The van der Waals surface area contributed by atoms with Crippen LogP contribution in [0.15, 0.2) is 16.5 Å². The number of hydrogen-bond acceptors (Lipinski definition) is 2. The highest BCUT2D eigenvalue weighted by Gasteiger charge is 2.50. The molecule has 1 N–H and O–H groups in total. The van der Waals surface area contributed by atoms with Crippen LogP contribution in [-0.4, -0.2) is 9.94 Å². The molecule has 1 heterocycles. The summed E-state index contributed by atoms with van der Waals surface area (Å²) in [6.07, 6.45) is 0. The van der Waals surface area contributed by atoms with Gasteiger partial charge in [-0.1, -0.05) is 0 Å². The number of halogens is 3. The Kier molecular flexibility index (Phi) is 2.51. The quantitative estimate of drug-likeness (QED) is 0.824. The minimum Gasteiger partial charge on any atom is -0.463 e. The summed E-state index contributed by atoms with van der Waals surface area (Å²) < 4.78 is 30.5. The number of furan rings is 1. The van der Waals surface area contributed by atoms with Crippen LogP contribution in [0.1, 0.15) is 18.4 Å². The smallest absolute Gasteiger partial charge is 0.336 e. The van der Waals surface area contributed by atoms with E-state index >= 15 is 0 Å². The SMILES string of the molecule is Cc1ccc(C(C)(O)C(F)(F)Br)o1. The fraction of sp³-hybridized carbons (Fsp3) is 0.500. The lowest BCUT2D eigenvalue weighted by Gasteiger charge is -2.25. The van der Waals surface area contributed by atoms with Gasteiger partial charge in [-0.3, -0.25) is 0 Å². The van der Waals surface area contributed by atoms with E-state index in [1.54, 1.807) is 6.92 Å². The number of aryl methyl sites for hydroxylation is 1. The summed E-state index contributed by atoms with van der Waals surface area (Å²) in [5.74, 6) is 0.318. The molecule has 1 aromatic rings. The lowest BCUT2D eigenvalue weighted by Crippen LogP contribution is -2.37. The van der Waals surface area contributed by atoms with E-state index in [-0.39, 0.29) is 5.76 Å². The van der Waals surface area contributed by atoms with E-state index < -0.39 is 10.4 Å². The molecule has 1 unspecified atom stereocenters. The molecule has 0 spiro atoms. The van der Waals surface area contributed by atoms with E-state index in [2.05, 4.69) is 15.9 Å². The Morgan fingerprint density at radius 1 is 1.46 bits per heavy atom. The zero-order valence-corrected chi connectivity index (χ0v) is 8.73.